The fourth-order valence-corrected chi connectivity index (χ4v) is 1.45. The number of carboxylic acids is 1. The molecule has 2 aromatic heterocycles. The Labute approximate surface area is 83.3 Å². The Kier molecular flexibility index (Phi) is 1.93. The molecule has 0 aliphatic heterocycles. The lowest BCUT2D eigenvalue weighted by atomic mass is 10.3. The van der Waals surface area contributed by atoms with Gasteiger partial charge in [-0.15, -0.1) is 0 Å². The molecule has 1 N–H and O–H groups in total. The Hall–Kier alpha value is -1.55. The van der Waals surface area contributed by atoms with Crippen LogP contribution in [-0.2, 0) is 0 Å². The highest BCUT2D eigenvalue weighted by Crippen LogP contribution is 2.19. The maximum atomic E-state index is 13.2. The zero-order valence-corrected chi connectivity index (χ0v) is 7.62. The van der Waals surface area contributed by atoms with E-state index in [1.54, 1.807) is 0 Å². The molecule has 5 heteroatoms. The van der Waals surface area contributed by atoms with Crippen LogP contribution in [-0.4, -0.2) is 15.5 Å². The number of pyridine rings is 1. The van der Waals surface area contributed by atoms with Crippen molar-refractivity contribution in [2.45, 2.75) is 0 Å². The Balaban J connectivity index is 2.82. The quantitative estimate of drug-likeness (QED) is 0.740. The minimum atomic E-state index is -1.11. The predicted octanol–water partition coefficient (Wildman–Crippen LogP) is 2.43. The molecule has 2 aromatic rings. The first kappa shape index (κ1) is 9.02. The Morgan fingerprint density at radius 1 is 1.50 bits per heavy atom. The van der Waals surface area contributed by atoms with Gasteiger partial charge in [-0.2, -0.15) is 0 Å². The smallest absolute Gasteiger partial charge is 0.337 e. The molecule has 0 aliphatic carbocycles. The highest BCUT2D eigenvalue weighted by molar-refractivity contribution is 6.29. The van der Waals surface area contributed by atoms with E-state index in [1.807, 2.05) is 0 Å². The summed E-state index contributed by atoms with van der Waals surface area (Å²) in [7, 11) is 0. The van der Waals surface area contributed by atoms with Crippen molar-refractivity contribution < 1.29 is 14.3 Å². The molecular formula is C9H5ClFNO2. The van der Waals surface area contributed by atoms with Gasteiger partial charge in [0.05, 0.1) is 11.1 Å². The van der Waals surface area contributed by atoms with Crippen molar-refractivity contribution in [2.75, 3.05) is 0 Å². The monoisotopic (exact) mass is 213 g/mol. The fourth-order valence-electron chi connectivity index (χ4n) is 1.25. The van der Waals surface area contributed by atoms with Gasteiger partial charge in [-0.25, -0.2) is 9.18 Å². The summed E-state index contributed by atoms with van der Waals surface area (Å²) in [6.45, 7) is 0. The molecule has 3 nitrogen and oxygen atoms in total. The van der Waals surface area contributed by atoms with Crippen LogP contribution in [0.2, 0.25) is 5.15 Å². The standard InChI is InChI=1S/C9H5ClFNO2/c10-8-2-1-6(11)7-3-5(9(13)14)4-12(7)8/h1-4H,(H,13,14). The van der Waals surface area contributed by atoms with Crippen molar-refractivity contribution in [3.63, 3.8) is 0 Å². The maximum absolute atomic E-state index is 13.2. The number of carbonyl (C=O) groups is 1. The van der Waals surface area contributed by atoms with Crippen LogP contribution >= 0.6 is 11.6 Å². The third-order valence-electron chi connectivity index (χ3n) is 1.91. The topological polar surface area (TPSA) is 41.7 Å². The molecule has 0 saturated heterocycles. The van der Waals surface area contributed by atoms with E-state index in [0.29, 0.717) is 0 Å². The van der Waals surface area contributed by atoms with Crippen LogP contribution in [0.5, 0.6) is 0 Å². The fraction of sp³-hybridized carbons (Fsp3) is 0. The van der Waals surface area contributed by atoms with Gasteiger partial charge in [-0.05, 0) is 18.2 Å². The van der Waals surface area contributed by atoms with Crippen molar-refractivity contribution in [1.29, 1.82) is 0 Å². The minimum Gasteiger partial charge on any atom is -0.478 e. The SMILES string of the molecule is O=C(O)c1cc2c(F)ccc(Cl)n2c1. The van der Waals surface area contributed by atoms with Crippen LogP contribution in [0, 0.1) is 5.82 Å². The predicted molar refractivity (Wildman–Crippen MR) is 49.3 cm³/mol. The van der Waals surface area contributed by atoms with E-state index in [2.05, 4.69) is 0 Å². The molecule has 0 radical (unpaired) electrons. The zero-order chi connectivity index (χ0) is 10.3. The first-order valence-corrected chi connectivity index (χ1v) is 4.17. The van der Waals surface area contributed by atoms with Gasteiger partial charge in [-0.3, -0.25) is 0 Å². The number of rotatable bonds is 1. The largest absolute Gasteiger partial charge is 0.478 e. The molecule has 0 aliphatic rings. The number of carboxylic acid groups (broad SMARTS) is 1. The zero-order valence-electron chi connectivity index (χ0n) is 6.87. The van der Waals surface area contributed by atoms with E-state index in [9.17, 15) is 9.18 Å². The second kappa shape index (κ2) is 2.99. The van der Waals surface area contributed by atoms with Crippen LogP contribution < -0.4 is 0 Å². The molecule has 2 heterocycles. The van der Waals surface area contributed by atoms with Gasteiger partial charge < -0.3 is 9.51 Å². The van der Waals surface area contributed by atoms with Crippen LogP contribution in [0.1, 0.15) is 10.4 Å². The summed E-state index contributed by atoms with van der Waals surface area (Å²) < 4.78 is 14.5. The molecule has 0 unspecified atom stereocenters. The number of hydrogen-bond acceptors (Lipinski definition) is 1. The minimum absolute atomic E-state index is 0.0111. The lowest BCUT2D eigenvalue weighted by Crippen LogP contribution is -1.92. The van der Waals surface area contributed by atoms with Gasteiger partial charge in [0, 0.05) is 6.20 Å². The van der Waals surface area contributed by atoms with E-state index in [1.165, 1.54) is 28.8 Å². The Morgan fingerprint density at radius 3 is 2.79 bits per heavy atom. The summed E-state index contributed by atoms with van der Waals surface area (Å²) in [6.07, 6.45) is 1.28. The molecule has 0 aromatic carbocycles. The molecule has 0 amide bonds. The normalized spacial score (nSPS) is 10.7. The molecule has 0 fully saturated rings. The summed E-state index contributed by atoms with van der Waals surface area (Å²) >= 11 is 5.75. The molecule has 0 atom stereocenters. The number of aromatic carboxylic acids is 1. The van der Waals surface area contributed by atoms with Gasteiger partial charge in [0.1, 0.15) is 11.0 Å². The van der Waals surface area contributed by atoms with Gasteiger partial charge in [0.2, 0.25) is 0 Å². The third kappa shape index (κ3) is 1.24. The van der Waals surface area contributed by atoms with E-state index in [-0.39, 0.29) is 16.2 Å². The molecule has 14 heavy (non-hydrogen) atoms. The van der Waals surface area contributed by atoms with Crippen LogP contribution in [0.3, 0.4) is 0 Å². The summed E-state index contributed by atoms with van der Waals surface area (Å²) in [5.41, 5.74) is 0.173. The van der Waals surface area contributed by atoms with Gasteiger partial charge in [0.15, 0.2) is 0 Å². The van der Waals surface area contributed by atoms with E-state index in [0.717, 1.165) is 0 Å². The van der Waals surface area contributed by atoms with Crippen LogP contribution in [0.25, 0.3) is 5.52 Å². The number of nitrogens with zero attached hydrogens (tertiary/aromatic N) is 1. The molecular weight excluding hydrogens is 209 g/mol. The summed E-state index contributed by atoms with van der Waals surface area (Å²) in [4.78, 5) is 10.6. The molecule has 0 spiro atoms. The lowest BCUT2D eigenvalue weighted by Gasteiger charge is -1.97. The molecule has 2 rings (SSSR count). The number of aromatic nitrogens is 1. The molecule has 0 bridgehead atoms. The van der Waals surface area contributed by atoms with Gasteiger partial charge in [-0.1, -0.05) is 11.6 Å². The first-order valence-electron chi connectivity index (χ1n) is 3.79. The van der Waals surface area contributed by atoms with E-state index in [4.69, 9.17) is 16.7 Å². The first-order chi connectivity index (χ1) is 6.59. The third-order valence-corrected chi connectivity index (χ3v) is 2.22. The van der Waals surface area contributed by atoms with E-state index < -0.39 is 11.8 Å². The average molecular weight is 214 g/mol. The second-order valence-corrected chi connectivity index (χ2v) is 3.18. The van der Waals surface area contributed by atoms with Gasteiger partial charge >= 0.3 is 5.97 Å². The number of hydrogen-bond donors (Lipinski definition) is 1. The van der Waals surface area contributed by atoms with Crippen LogP contribution in [0.4, 0.5) is 4.39 Å². The van der Waals surface area contributed by atoms with E-state index >= 15 is 0 Å². The van der Waals surface area contributed by atoms with Crippen molar-refractivity contribution in [1.82, 2.24) is 4.40 Å². The lowest BCUT2D eigenvalue weighted by molar-refractivity contribution is 0.0697. The van der Waals surface area contributed by atoms with Crippen molar-refractivity contribution in [3.05, 3.63) is 40.9 Å². The summed E-state index contributed by atoms with van der Waals surface area (Å²) in [5.74, 6) is -1.61. The molecule has 0 saturated carbocycles. The van der Waals surface area contributed by atoms with Crippen molar-refractivity contribution in [2.24, 2.45) is 0 Å². The van der Waals surface area contributed by atoms with Crippen molar-refractivity contribution in [3.8, 4) is 0 Å². The number of halogens is 2. The Bertz CT molecular complexity index is 482. The second-order valence-electron chi connectivity index (χ2n) is 2.79. The van der Waals surface area contributed by atoms with Crippen LogP contribution in [0.15, 0.2) is 24.4 Å². The number of fused-ring (bicyclic) bond motifs is 1. The Morgan fingerprint density at radius 2 is 2.21 bits per heavy atom. The average Bonchev–Trinajstić information content (AvgIpc) is 2.57. The van der Waals surface area contributed by atoms with Gasteiger partial charge in [0.25, 0.3) is 0 Å². The molecule has 72 valence electrons. The summed E-state index contributed by atoms with van der Waals surface area (Å²) in [5, 5.41) is 8.96. The highest BCUT2D eigenvalue weighted by atomic mass is 35.5. The summed E-state index contributed by atoms with van der Waals surface area (Å²) in [6, 6.07) is 3.81. The highest BCUT2D eigenvalue weighted by Gasteiger charge is 2.10. The van der Waals surface area contributed by atoms with Crippen molar-refractivity contribution >= 4 is 23.1 Å². The maximum Gasteiger partial charge on any atom is 0.337 e.